The summed E-state index contributed by atoms with van der Waals surface area (Å²) in [5.74, 6) is 0. The molecule has 0 fully saturated rings. The van der Waals surface area contributed by atoms with Crippen LogP contribution in [-0.2, 0) is 14.0 Å². The van der Waals surface area contributed by atoms with Gasteiger partial charge < -0.3 is 14.0 Å². The lowest BCUT2D eigenvalue weighted by molar-refractivity contribution is -0.000586. The van der Waals surface area contributed by atoms with Gasteiger partial charge in [-0.3, -0.25) is 0 Å². The standard InChI is InChI=1S/C57H63BCl6O3/c1-13-16-46(40-19-25-43(26-20-40)49-31(4)52(59)37(10)53(60)32(49)5)65-58(66-47(17-14-2)41-21-27-44(28-22-41)50-33(6)54(61)38(11)55(62)34(50)7)67-48(18-15-3)42-23-29-45(30-24-42)51-35(8)56(63)39(12)57(64)36(51)9/h19-30,46-48H,13-18H2,1-12H3. The Morgan fingerprint density at radius 2 is 0.522 bits per heavy atom. The Kier molecular flexibility index (Phi) is 18.5. The zero-order valence-electron chi connectivity index (χ0n) is 41.0. The van der Waals surface area contributed by atoms with Gasteiger partial charge in [0.2, 0.25) is 0 Å². The third kappa shape index (κ3) is 11.3. The highest BCUT2D eigenvalue weighted by molar-refractivity contribution is 6.39. The topological polar surface area (TPSA) is 27.7 Å². The lowest BCUT2D eigenvalue weighted by Gasteiger charge is -2.29. The van der Waals surface area contributed by atoms with Crippen molar-refractivity contribution in [1.82, 2.24) is 0 Å². The van der Waals surface area contributed by atoms with Crippen LogP contribution in [-0.4, -0.2) is 7.32 Å². The predicted molar refractivity (Wildman–Crippen MR) is 290 cm³/mol. The molecule has 0 aliphatic rings. The third-order valence-electron chi connectivity index (χ3n) is 13.4. The van der Waals surface area contributed by atoms with E-state index < -0.39 is 7.32 Å². The molecule has 0 amide bonds. The molecular weight excluding hydrogens is 956 g/mol. The fourth-order valence-electron chi connectivity index (χ4n) is 9.60. The van der Waals surface area contributed by atoms with E-state index in [9.17, 15) is 0 Å². The van der Waals surface area contributed by atoms with Gasteiger partial charge in [0.25, 0.3) is 0 Å². The van der Waals surface area contributed by atoms with Crippen LogP contribution in [0.25, 0.3) is 33.4 Å². The molecule has 0 N–H and O–H groups in total. The van der Waals surface area contributed by atoms with E-state index in [4.69, 9.17) is 83.6 Å². The molecule has 0 heterocycles. The summed E-state index contributed by atoms with van der Waals surface area (Å²) in [5, 5.41) is 4.14. The molecule has 0 bridgehead atoms. The van der Waals surface area contributed by atoms with Crippen LogP contribution in [0.4, 0.5) is 0 Å². The smallest absolute Gasteiger partial charge is 0.379 e. The Hall–Kier alpha value is -3.00. The maximum atomic E-state index is 7.10. The molecule has 3 unspecified atom stereocenters. The van der Waals surface area contributed by atoms with Crippen molar-refractivity contribution >= 4 is 76.9 Å². The molecule has 6 aromatic rings. The molecule has 0 spiro atoms. The first kappa shape index (κ1) is 53.4. The van der Waals surface area contributed by atoms with Crippen LogP contribution in [0.5, 0.6) is 0 Å². The second-order valence-corrected chi connectivity index (χ2v) is 20.3. The Bertz CT molecular complexity index is 2330. The Labute approximate surface area is 430 Å². The van der Waals surface area contributed by atoms with Gasteiger partial charge in [-0.25, -0.2) is 0 Å². The average Bonchev–Trinajstić information content (AvgIpc) is 3.33. The third-order valence-corrected chi connectivity index (χ3v) is 16.8. The molecule has 6 aromatic carbocycles. The minimum absolute atomic E-state index is 0.324. The highest BCUT2D eigenvalue weighted by atomic mass is 35.5. The molecular formula is C57H63BCl6O3. The number of hydrogen-bond donors (Lipinski definition) is 0. The molecule has 3 nitrogen and oxygen atoms in total. The Morgan fingerprint density at radius 3 is 0.701 bits per heavy atom. The van der Waals surface area contributed by atoms with Gasteiger partial charge in [0.15, 0.2) is 0 Å². The van der Waals surface area contributed by atoms with Crippen molar-refractivity contribution in [3.63, 3.8) is 0 Å². The summed E-state index contributed by atoms with van der Waals surface area (Å²) in [6.07, 6.45) is 3.95. The van der Waals surface area contributed by atoms with Gasteiger partial charge in [-0.15, -0.1) is 0 Å². The molecule has 0 saturated carbocycles. The Balaban J connectivity index is 1.38. The number of rotatable bonds is 18. The van der Waals surface area contributed by atoms with E-state index >= 15 is 0 Å². The maximum absolute atomic E-state index is 7.10. The molecule has 354 valence electrons. The van der Waals surface area contributed by atoms with E-state index in [0.717, 1.165) is 139 Å². The number of benzene rings is 6. The summed E-state index contributed by atoms with van der Waals surface area (Å²) in [7, 11) is -1.01. The van der Waals surface area contributed by atoms with Gasteiger partial charge in [-0.05, 0) is 182 Å². The van der Waals surface area contributed by atoms with Crippen LogP contribution < -0.4 is 0 Å². The summed E-state index contributed by atoms with van der Waals surface area (Å²) in [6.45, 7) is 24.7. The predicted octanol–water partition coefficient (Wildman–Crippen LogP) is 20.3. The molecule has 67 heavy (non-hydrogen) atoms. The first-order valence-electron chi connectivity index (χ1n) is 23.5. The minimum atomic E-state index is -1.01. The van der Waals surface area contributed by atoms with Crippen LogP contribution in [0.1, 0.15) is 144 Å². The van der Waals surface area contributed by atoms with E-state index in [2.05, 4.69) is 135 Å². The summed E-state index contributed by atoms with van der Waals surface area (Å²) in [5.41, 5.74) is 18.1. The number of hydrogen-bond acceptors (Lipinski definition) is 3. The summed E-state index contributed by atoms with van der Waals surface area (Å²) in [6, 6.07) is 25.6. The van der Waals surface area contributed by atoms with Crippen molar-refractivity contribution in [2.24, 2.45) is 0 Å². The summed E-state index contributed by atoms with van der Waals surface area (Å²) < 4.78 is 21.3. The van der Waals surface area contributed by atoms with Crippen molar-refractivity contribution < 1.29 is 14.0 Å². The van der Waals surface area contributed by atoms with Crippen LogP contribution in [0.15, 0.2) is 72.8 Å². The van der Waals surface area contributed by atoms with Crippen LogP contribution >= 0.6 is 69.6 Å². The summed E-state index contributed by atoms with van der Waals surface area (Å²) >= 11 is 40.7. The second-order valence-electron chi connectivity index (χ2n) is 18.0. The average molecular weight is 1020 g/mol. The molecule has 0 aliphatic carbocycles. The SMILES string of the molecule is CCCC(OB(OC(CCC)c1ccc(-c2c(C)c(Cl)c(C)c(Cl)c2C)cc1)OC(CCC)c1ccc(-c2c(C)c(Cl)c(C)c(Cl)c2C)cc1)c1ccc(-c2c(C)c(Cl)c(C)c(Cl)c2C)cc1. The van der Waals surface area contributed by atoms with Gasteiger partial charge in [-0.1, -0.05) is 182 Å². The molecule has 0 aliphatic heterocycles. The molecule has 0 radical (unpaired) electrons. The Morgan fingerprint density at radius 1 is 0.328 bits per heavy atom. The van der Waals surface area contributed by atoms with Crippen LogP contribution in [0.3, 0.4) is 0 Å². The highest BCUT2D eigenvalue weighted by Crippen LogP contribution is 2.44. The first-order valence-corrected chi connectivity index (χ1v) is 25.7. The normalized spacial score (nSPS) is 13.0. The minimum Gasteiger partial charge on any atom is -0.379 e. The molecule has 0 aromatic heterocycles. The highest BCUT2D eigenvalue weighted by Gasteiger charge is 2.34. The van der Waals surface area contributed by atoms with Crippen molar-refractivity contribution in [3.05, 3.63) is 170 Å². The van der Waals surface area contributed by atoms with Gasteiger partial charge in [0, 0.05) is 30.1 Å². The zero-order valence-corrected chi connectivity index (χ0v) is 45.5. The second kappa shape index (κ2) is 23.3. The lowest BCUT2D eigenvalue weighted by Crippen LogP contribution is -2.33. The van der Waals surface area contributed by atoms with E-state index in [-0.39, 0.29) is 18.3 Å². The fourth-order valence-corrected chi connectivity index (χ4v) is 10.9. The lowest BCUT2D eigenvalue weighted by atomic mass is 9.91. The zero-order chi connectivity index (χ0) is 49.0. The van der Waals surface area contributed by atoms with E-state index in [0.29, 0.717) is 30.1 Å². The van der Waals surface area contributed by atoms with Crippen LogP contribution in [0, 0.1) is 62.3 Å². The van der Waals surface area contributed by atoms with E-state index in [1.165, 1.54) is 0 Å². The monoisotopic (exact) mass is 1020 g/mol. The maximum Gasteiger partial charge on any atom is 0.640 e. The van der Waals surface area contributed by atoms with E-state index in [1.807, 2.05) is 20.8 Å². The summed E-state index contributed by atoms with van der Waals surface area (Å²) in [4.78, 5) is 0. The molecule has 3 atom stereocenters. The van der Waals surface area contributed by atoms with Crippen LogP contribution in [0.2, 0.25) is 30.1 Å². The number of halogens is 6. The van der Waals surface area contributed by atoms with Crippen molar-refractivity contribution in [1.29, 1.82) is 0 Å². The first-order chi connectivity index (χ1) is 31.9. The molecule has 0 saturated heterocycles. The molecule has 6 rings (SSSR count). The largest absolute Gasteiger partial charge is 0.640 e. The quantitative estimate of drug-likeness (QED) is 0.0803. The van der Waals surface area contributed by atoms with E-state index in [1.54, 1.807) is 0 Å². The molecule has 10 heteroatoms. The van der Waals surface area contributed by atoms with Crippen molar-refractivity contribution in [2.45, 2.75) is 140 Å². The van der Waals surface area contributed by atoms with Gasteiger partial charge in [0.1, 0.15) is 0 Å². The fraction of sp³-hybridized carbons (Fsp3) is 0.368. The van der Waals surface area contributed by atoms with Gasteiger partial charge in [-0.2, -0.15) is 0 Å². The van der Waals surface area contributed by atoms with Crippen molar-refractivity contribution in [2.75, 3.05) is 0 Å². The van der Waals surface area contributed by atoms with Gasteiger partial charge in [0.05, 0.1) is 18.3 Å². The van der Waals surface area contributed by atoms with Crippen molar-refractivity contribution in [3.8, 4) is 33.4 Å². The van der Waals surface area contributed by atoms with Gasteiger partial charge >= 0.3 is 7.32 Å².